The molecule has 0 saturated carbocycles. The minimum absolute atomic E-state index is 0.0281. The van der Waals surface area contributed by atoms with Gasteiger partial charge in [-0.3, -0.25) is 0 Å². The van der Waals surface area contributed by atoms with E-state index in [9.17, 15) is 0 Å². The Morgan fingerprint density at radius 1 is 1.56 bits per heavy atom. The van der Waals surface area contributed by atoms with Crippen LogP contribution in [0, 0.1) is 0 Å². The number of hydrogen-bond donors (Lipinski definition) is 1. The summed E-state index contributed by atoms with van der Waals surface area (Å²) in [6.45, 7) is 6.74. The first kappa shape index (κ1) is 13.7. The van der Waals surface area contributed by atoms with Crippen molar-refractivity contribution >= 4 is 17.3 Å². The fourth-order valence-electron chi connectivity index (χ4n) is 2.28. The first-order valence-electron chi connectivity index (χ1n) is 6.53. The van der Waals surface area contributed by atoms with E-state index < -0.39 is 0 Å². The number of nitrogens with two attached hydrogens (primary N) is 1. The van der Waals surface area contributed by atoms with Crippen LogP contribution in [0.15, 0.2) is 18.2 Å². The fourth-order valence-corrected chi connectivity index (χ4v) is 2.63. The van der Waals surface area contributed by atoms with Crippen molar-refractivity contribution in [3.63, 3.8) is 0 Å². The van der Waals surface area contributed by atoms with Gasteiger partial charge in [0.2, 0.25) is 0 Å². The fraction of sp³-hybridized carbons (Fsp3) is 0.571. The van der Waals surface area contributed by atoms with Crippen LogP contribution in [0.3, 0.4) is 0 Å². The quantitative estimate of drug-likeness (QED) is 0.916. The van der Waals surface area contributed by atoms with Crippen molar-refractivity contribution in [2.75, 3.05) is 24.6 Å². The Morgan fingerprint density at radius 3 is 2.94 bits per heavy atom. The summed E-state index contributed by atoms with van der Waals surface area (Å²) in [4.78, 5) is 2.33. The van der Waals surface area contributed by atoms with Crippen LogP contribution in [-0.4, -0.2) is 25.8 Å². The van der Waals surface area contributed by atoms with Gasteiger partial charge in [-0.05, 0) is 31.0 Å². The average Bonchev–Trinajstić information content (AvgIpc) is 2.38. The maximum Gasteiger partial charge on any atom is 0.0748 e. The van der Waals surface area contributed by atoms with Crippen molar-refractivity contribution in [1.29, 1.82) is 0 Å². The van der Waals surface area contributed by atoms with Gasteiger partial charge in [-0.25, -0.2) is 0 Å². The van der Waals surface area contributed by atoms with E-state index in [-0.39, 0.29) is 6.04 Å². The van der Waals surface area contributed by atoms with Crippen molar-refractivity contribution in [2.24, 2.45) is 5.73 Å². The van der Waals surface area contributed by atoms with Gasteiger partial charge in [-0.1, -0.05) is 24.6 Å². The van der Waals surface area contributed by atoms with Gasteiger partial charge in [0, 0.05) is 29.8 Å². The number of nitrogens with zero attached hydrogens (tertiary/aromatic N) is 1. The van der Waals surface area contributed by atoms with E-state index in [1.54, 1.807) is 0 Å². The predicted molar refractivity (Wildman–Crippen MR) is 76.3 cm³/mol. The number of benzene rings is 1. The van der Waals surface area contributed by atoms with E-state index in [0.29, 0.717) is 6.10 Å². The maximum atomic E-state index is 6.28. The molecule has 0 aliphatic carbocycles. The monoisotopic (exact) mass is 268 g/mol. The number of anilines is 1. The van der Waals surface area contributed by atoms with Gasteiger partial charge in [0.1, 0.15) is 0 Å². The van der Waals surface area contributed by atoms with E-state index >= 15 is 0 Å². The van der Waals surface area contributed by atoms with Crippen LogP contribution in [0.2, 0.25) is 5.02 Å². The highest BCUT2D eigenvalue weighted by molar-refractivity contribution is 6.31. The van der Waals surface area contributed by atoms with Crippen molar-refractivity contribution in [2.45, 2.75) is 32.4 Å². The van der Waals surface area contributed by atoms with Gasteiger partial charge in [0.15, 0.2) is 0 Å². The van der Waals surface area contributed by atoms with Crippen molar-refractivity contribution in [1.82, 2.24) is 0 Å². The molecular formula is C14H21ClN2O. The van der Waals surface area contributed by atoms with Crippen molar-refractivity contribution in [3.8, 4) is 0 Å². The van der Waals surface area contributed by atoms with E-state index in [2.05, 4.69) is 17.9 Å². The second-order valence-corrected chi connectivity index (χ2v) is 5.25. The number of hydrogen-bond acceptors (Lipinski definition) is 3. The van der Waals surface area contributed by atoms with Gasteiger partial charge >= 0.3 is 0 Å². The molecule has 100 valence electrons. The largest absolute Gasteiger partial charge is 0.375 e. The van der Waals surface area contributed by atoms with E-state index in [1.165, 1.54) is 0 Å². The first-order valence-corrected chi connectivity index (χ1v) is 6.91. The lowest BCUT2D eigenvalue weighted by Gasteiger charge is -2.34. The third-order valence-corrected chi connectivity index (χ3v) is 3.76. The van der Waals surface area contributed by atoms with Crippen molar-refractivity contribution in [3.05, 3.63) is 28.8 Å². The SMILES string of the molecule is CCC1CN(c2ccc(C(C)N)c(Cl)c2)CCO1. The first-order chi connectivity index (χ1) is 8.61. The molecule has 2 rings (SSSR count). The number of halogens is 1. The summed E-state index contributed by atoms with van der Waals surface area (Å²) in [6.07, 6.45) is 1.37. The van der Waals surface area contributed by atoms with Crippen LogP contribution >= 0.6 is 11.6 Å². The Hall–Kier alpha value is -0.770. The zero-order chi connectivity index (χ0) is 13.1. The van der Waals surface area contributed by atoms with Crippen LogP contribution in [0.4, 0.5) is 5.69 Å². The molecule has 0 radical (unpaired) electrons. The molecule has 1 aromatic carbocycles. The molecule has 0 bridgehead atoms. The smallest absolute Gasteiger partial charge is 0.0748 e. The van der Waals surface area contributed by atoms with Crippen LogP contribution in [0.1, 0.15) is 31.9 Å². The van der Waals surface area contributed by atoms with Crippen LogP contribution < -0.4 is 10.6 Å². The minimum Gasteiger partial charge on any atom is -0.375 e. The predicted octanol–water partition coefficient (Wildman–Crippen LogP) is 2.97. The van der Waals surface area contributed by atoms with E-state index in [1.807, 2.05) is 19.1 Å². The molecule has 1 saturated heterocycles. The second kappa shape index (κ2) is 5.91. The Kier molecular flexibility index (Phi) is 4.49. The third kappa shape index (κ3) is 2.97. The Balaban J connectivity index is 2.16. The van der Waals surface area contributed by atoms with Gasteiger partial charge in [0.05, 0.1) is 12.7 Å². The number of ether oxygens (including phenoxy) is 1. The highest BCUT2D eigenvalue weighted by Crippen LogP contribution is 2.28. The summed E-state index contributed by atoms with van der Waals surface area (Å²) in [5.41, 5.74) is 8.03. The molecule has 1 fully saturated rings. The maximum absolute atomic E-state index is 6.28. The van der Waals surface area contributed by atoms with Gasteiger partial charge in [-0.15, -0.1) is 0 Å². The Labute approximate surface area is 114 Å². The third-order valence-electron chi connectivity index (χ3n) is 3.43. The van der Waals surface area contributed by atoms with Crippen LogP contribution in [0.25, 0.3) is 0 Å². The van der Waals surface area contributed by atoms with Crippen molar-refractivity contribution < 1.29 is 4.74 Å². The van der Waals surface area contributed by atoms with Crippen LogP contribution in [-0.2, 0) is 4.74 Å². The summed E-state index contributed by atoms with van der Waals surface area (Å²) in [5, 5.41) is 0.752. The molecule has 2 unspecified atom stereocenters. The normalized spacial score (nSPS) is 22.0. The Bertz CT molecular complexity index is 409. The molecule has 1 aliphatic heterocycles. The summed E-state index contributed by atoms with van der Waals surface area (Å²) in [7, 11) is 0. The molecule has 2 atom stereocenters. The molecule has 0 amide bonds. The molecular weight excluding hydrogens is 248 g/mol. The second-order valence-electron chi connectivity index (χ2n) is 4.84. The summed E-state index contributed by atoms with van der Waals surface area (Å²) >= 11 is 6.28. The van der Waals surface area contributed by atoms with Crippen LogP contribution in [0.5, 0.6) is 0 Å². The lowest BCUT2D eigenvalue weighted by molar-refractivity contribution is 0.0384. The highest BCUT2D eigenvalue weighted by atomic mass is 35.5. The highest BCUT2D eigenvalue weighted by Gasteiger charge is 2.19. The van der Waals surface area contributed by atoms with Gasteiger partial charge < -0.3 is 15.4 Å². The molecule has 1 aliphatic rings. The molecule has 18 heavy (non-hydrogen) atoms. The lowest BCUT2D eigenvalue weighted by Crippen LogP contribution is -2.42. The lowest BCUT2D eigenvalue weighted by atomic mass is 10.1. The molecule has 1 aromatic rings. The molecule has 0 spiro atoms. The molecule has 2 N–H and O–H groups in total. The molecule has 0 aromatic heterocycles. The standard InChI is InChI=1S/C14H21ClN2O/c1-3-12-9-17(6-7-18-12)11-4-5-13(10(2)16)14(15)8-11/h4-5,8,10,12H,3,6-7,9,16H2,1-2H3. The van der Waals surface area contributed by atoms with Gasteiger partial charge in [-0.2, -0.15) is 0 Å². The minimum atomic E-state index is -0.0281. The number of morpholine rings is 1. The summed E-state index contributed by atoms with van der Waals surface area (Å²) < 4.78 is 5.68. The summed E-state index contributed by atoms with van der Waals surface area (Å²) in [6, 6.07) is 6.11. The molecule has 1 heterocycles. The number of rotatable bonds is 3. The molecule has 3 nitrogen and oxygen atoms in total. The topological polar surface area (TPSA) is 38.5 Å². The summed E-state index contributed by atoms with van der Waals surface area (Å²) in [5.74, 6) is 0. The van der Waals surface area contributed by atoms with Gasteiger partial charge in [0.25, 0.3) is 0 Å². The Morgan fingerprint density at radius 2 is 2.33 bits per heavy atom. The zero-order valence-electron chi connectivity index (χ0n) is 11.0. The van der Waals surface area contributed by atoms with E-state index in [0.717, 1.165) is 42.4 Å². The van der Waals surface area contributed by atoms with E-state index in [4.69, 9.17) is 22.1 Å². The zero-order valence-corrected chi connectivity index (χ0v) is 11.8. The average molecular weight is 269 g/mol. The molecule has 4 heteroatoms.